The zero-order chi connectivity index (χ0) is 22.0. The van der Waals surface area contributed by atoms with Gasteiger partial charge in [0, 0.05) is 17.8 Å². The molecule has 2 N–H and O–H groups in total. The molecule has 0 unspecified atom stereocenters. The molecule has 30 heavy (non-hydrogen) atoms. The predicted molar refractivity (Wildman–Crippen MR) is 119 cm³/mol. The quantitative estimate of drug-likeness (QED) is 0.499. The highest BCUT2D eigenvalue weighted by Gasteiger charge is 2.13. The van der Waals surface area contributed by atoms with Gasteiger partial charge >= 0.3 is 0 Å². The lowest BCUT2D eigenvalue weighted by Gasteiger charge is -2.13. The highest BCUT2D eigenvalue weighted by atomic mass is 32.2. The van der Waals surface area contributed by atoms with Gasteiger partial charge in [-0.15, -0.1) is 6.58 Å². The average Bonchev–Trinajstić information content (AvgIpc) is 2.72. The second-order valence-corrected chi connectivity index (χ2v) is 8.30. The van der Waals surface area contributed by atoms with Crippen molar-refractivity contribution in [3.63, 3.8) is 0 Å². The number of anilines is 1. The smallest absolute Gasteiger partial charge is 0.255 e. The number of carbonyl (C=O) groups excluding carboxylic acids is 1. The standard InChI is InChI=1S/C22H28N2O5S/c1-4-13-23-30(26,27)16-17-7-10-19(11-8-17)24-22(25)18-9-12-20(29-14-5-2)21(15-18)28-6-3/h4,7-12,15,23H,1,5-6,13-14,16H2,2-3H3,(H,24,25). The first-order valence-corrected chi connectivity index (χ1v) is 11.4. The topological polar surface area (TPSA) is 93.7 Å². The Morgan fingerprint density at radius 2 is 1.80 bits per heavy atom. The largest absolute Gasteiger partial charge is 0.490 e. The zero-order valence-electron chi connectivity index (χ0n) is 17.3. The van der Waals surface area contributed by atoms with Gasteiger partial charge in [-0.3, -0.25) is 4.79 Å². The number of nitrogens with one attached hydrogen (secondary N) is 2. The van der Waals surface area contributed by atoms with E-state index in [0.29, 0.717) is 41.5 Å². The Hall–Kier alpha value is -2.84. The fourth-order valence-electron chi connectivity index (χ4n) is 2.59. The maximum absolute atomic E-state index is 12.6. The number of benzene rings is 2. The summed E-state index contributed by atoms with van der Waals surface area (Å²) < 4.78 is 37.5. The molecular weight excluding hydrogens is 404 g/mol. The van der Waals surface area contributed by atoms with E-state index < -0.39 is 10.0 Å². The number of sulfonamides is 1. The van der Waals surface area contributed by atoms with Crippen molar-refractivity contribution in [3.05, 3.63) is 66.2 Å². The molecule has 0 aliphatic rings. The fourth-order valence-corrected chi connectivity index (χ4v) is 3.70. The van der Waals surface area contributed by atoms with Crippen molar-refractivity contribution in [2.75, 3.05) is 25.1 Å². The molecule has 0 aromatic heterocycles. The number of ether oxygens (including phenoxy) is 2. The van der Waals surface area contributed by atoms with Crippen LogP contribution < -0.4 is 19.5 Å². The van der Waals surface area contributed by atoms with E-state index in [2.05, 4.69) is 16.6 Å². The van der Waals surface area contributed by atoms with E-state index in [9.17, 15) is 13.2 Å². The lowest BCUT2D eigenvalue weighted by Crippen LogP contribution is -2.25. The van der Waals surface area contributed by atoms with Crippen LogP contribution in [0.5, 0.6) is 11.5 Å². The Morgan fingerprint density at radius 3 is 2.43 bits per heavy atom. The van der Waals surface area contributed by atoms with Gasteiger partial charge in [0.1, 0.15) is 0 Å². The molecule has 7 nitrogen and oxygen atoms in total. The summed E-state index contributed by atoms with van der Waals surface area (Å²) in [6.45, 7) is 8.57. The van der Waals surface area contributed by atoms with Crippen molar-refractivity contribution >= 4 is 21.6 Å². The summed E-state index contributed by atoms with van der Waals surface area (Å²) in [7, 11) is -3.43. The highest BCUT2D eigenvalue weighted by Crippen LogP contribution is 2.29. The Kier molecular flexibility index (Phi) is 8.89. The zero-order valence-corrected chi connectivity index (χ0v) is 18.1. The van der Waals surface area contributed by atoms with Gasteiger partial charge in [0.05, 0.1) is 19.0 Å². The molecule has 0 bridgehead atoms. The van der Waals surface area contributed by atoms with E-state index in [1.807, 2.05) is 13.8 Å². The summed E-state index contributed by atoms with van der Waals surface area (Å²) in [5.74, 6) is 0.675. The maximum Gasteiger partial charge on any atom is 0.255 e. The van der Waals surface area contributed by atoms with Gasteiger partial charge in [-0.1, -0.05) is 25.1 Å². The van der Waals surface area contributed by atoms with Crippen molar-refractivity contribution in [2.45, 2.75) is 26.0 Å². The van der Waals surface area contributed by atoms with E-state index >= 15 is 0 Å². The second-order valence-electron chi connectivity index (χ2n) is 6.49. The van der Waals surface area contributed by atoms with Crippen LogP contribution in [0, 0.1) is 0 Å². The molecule has 0 spiro atoms. The summed E-state index contributed by atoms with van der Waals surface area (Å²) in [6, 6.07) is 11.7. The lowest BCUT2D eigenvalue weighted by molar-refractivity contribution is 0.102. The first-order chi connectivity index (χ1) is 14.4. The third kappa shape index (κ3) is 7.20. The molecule has 2 rings (SSSR count). The van der Waals surface area contributed by atoms with E-state index in [-0.39, 0.29) is 18.2 Å². The van der Waals surface area contributed by atoms with E-state index in [4.69, 9.17) is 9.47 Å². The van der Waals surface area contributed by atoms with Crippen LogP contribution in [-0.2, 0) is 15.8 Å². The van der Waals surface area contributed by atoms with Gasteiger partial charge < -0.3 is 14.8 Å². The van der Waals surface area contributed by atoms with Crippen LogP contribution in [0.2, 0.25) is 0 Å². The third-order valence-electron chi connectivity index (χ3n) is 3.98. The van der Waals surface area contributed by atoms with Crippen LogP contribution >= 0.6 is 0 Å². The van der Waals surface area contributed by atoms with Crippen LogP contribution in [0.15, 0.2) is 55.1 Å². The molecule has 0 aliphatic carbocycles. The van der Waals surface area contributed by atoms with Crippen molar-refractivity contribution in [3.8, 4) is 11.5 Å². The Bertz CT molecular complexity index is 956. The van der Waals surface area contributed by atoms with Gasteiger partial charge in [0.25, 0.3) is 5.91 Å². The number of hydrogen-bond donors (Lipinski definition) is 2. The van der Waals surface area contributed by atoms with Crippen LogP contribution in [-0.4, -0.2) is 34.1 Å². The van der Waals surface area contributed by atoms with Crippen molar-refractivity contribution in [1.29, 1.82) is 0 Å². The van der Waals surface area contributed by atoms with Gasteiger partial charge in [-0.2, -0.15) is 0 Å². The highest BCUT2D eigenvalue weighted by molar-refractivity contribution is 7.88. The van der Waals surface area contributed by atoms with E-state index in [0.717, 1.165) is 6.42 Å². The molecule has 0 radical (unpaired) electrons. The Morgan fingerprint density at radius 1 is 1.07 bits per heavy atom. The van der Waals surface area contributed by atoms with Crippen molar-refractivity contribution < 1.29 is 22.7 Å². The summed E-state index contributed by atoms with van der Waals surface area (Å²) in [5.41, 5.74) is 1.60. The van der Waals surface area contributed by atoms with Gasteiger partial charge in [-0.25, -0.2) is 13.1 Å². The Labute approximate surface area is 178 Å². The molecule has 0 aliphatic heterocycles. The van der Waals surface area contributed by atoms with Crippen LogP contribution in [0.25, 0.3) is 0 Å². The molecule has 2 aromatic carbocycles. The summed E-state index contributed by atoms with van der Waals surface area (Å²) in [6.07, 6.45) is 2.35. The van der Waals surface area contributed by atoms with Crippen LogP contribution in [0.3, 0.4) is 0 Å². The van der Waals surface area contributed by atoms with E-state index in [1.54, 1.807) is 42.5 Å². The molecule has 0 atom stereocenters. The van der Waals surface area contributed by atoms with Gasteiger partial charge in [0.15, 0.2) is 11.5 Å². The minimum Gasteiger partial charge on any atom is -0.490 e. The minimum atomic E-state index is -3.43. The molecule has 1 amide bonds. The molecule has 162 valence electrons. The summed E-state index contributed by atoms with van der Waals surface area (Å²) in [5, 5.41) is 2.80. The first kappa shape index (κ1) is 23.4. The van der Waals surface area contributed by atoms with Gasteiger partial charge in [0.2, 0.25) is 10.0 Å². The van der Waals surface area contributed by atoms with E-state index in [1.165, 1.54) is 6.08 Å². The summed E-state index contributed by atoms with van der Waals surface area (Å²) >= 11 is 0. The second kappa shape index (κ2) is 11.4. The number of carbonyl (C=O) groups is 1. The summed E-state index contributed by atoms with van der Waals surface area (Å²) in [4.78, 5) is 12.6. The van der Waals surface area contributed by atoms with Crippen LogP contribution in [0.4, 0.5) is 5.69 Å². The monoisotopic (exact) mass is 432 g/mol. The number of amides is 1. The minimum absolute atomic E-state index is 0.147. The average molecular weight is 433 g/mol. The molecule has 0 fully saturated rings. The third-order valence-corrected chi connectivity index (χ3v) is 5.30. The number of rotatable bonds is 12. The number of hydrogen-bond acceptors (Lipinski definition) is 5. The maximum atomic E-state index is 12.6. The van der Waals surface area contributed by atoms with Crippen molar-refractivity contribution in [2.24, 2.45) is 0 Å². The first-order valence-electron chi connectivity index (χ1n) is 9.76. The molecule has 8 heteroatoms. The molecule has 0 saturated heterocycles. The molecular formula is C22H28N2O5S. The van der Waals surface area contributed by atoms with Gasteiger partial charge in [-0.05, 0) is 49.2 Å². The molecule has 2 aromatic rings. The predicted octanol–water partition coefficient (Wildman–Crippen LogP) is 3.73. The van der Waals surface area contributed by atoms with Crippen LogP contribution in [0.1, 0.15) is 36.2 Å². The molecule has 0 saturated carbocycles. The normalized spacial score (nSPS) is 11.0. The fraction of sp³-hybridized carbons (Fsp3) is 0.318. The SMILES string of the molecule is C=CCNS(=O)(=O)Cc1ccc(NC(=O)c2ccc(OCCC)c(OCC)c2)cc1. The lowest BCUT2D eigenvalue weighted by atomic mass is 10.1. The van der Waals surface area contributed by atoms with Crippen molar-refractivity contribution in [1.82, 2.24) is 4.72 Å². The Balaban J connectivity index is 2.06. The molecule has 0 heterocycles.